The van der Waals surface area contributed by atoms with Gasteiger partial charge >= 0.3 is 0 Å². The second-order valence-corrected chi connectivity index (χ2v) is 7.81. The highest BCUT2D eigenvalue weighted by atomic mass is 16.6. The number of fused-ring (bicyclic) bond motifs is 1. The van der Waals surface area contributed by atoms with Crippen LogP contribution >= 0.6 is 0 Å². The predicted octanol–water partition coefficient (Wildman–Crippen LogP) is 3.14. The van der Waals surface area contributed by atoms with E-state index >= 15 is 0 Å². The number of anilines is 2. The molecule has 4 rings (SSSR count). The first-order valence-corrected chi connectivity index (χ1v) is 10.1. The number of hydrogen-bond acceptors (Lipinski definition) is 5. The molecule has 0 aromatic heterocycles. The highest BCUT2D eigenvalue weighted by Crippen LogP contribution is 2.36. The number of benzene rings is 2. The monoisotopic (exact) mass is 408 g/mol. The van der Waals surface area contributed by atoms with Crippen molar-refractivity contribution in [3.63, 3.8) is 0 Å². The zero-order valence-electron chi connectivity index (χ0n) is 16.9. The lowest BCUT2D eigenvalue weighted by Gasteiger charge is -2.26. The molecule has 8 nitrogen and oxygen atoms in total. The SMILES string of the molecule is Cc1cccc(C(=O)N2CCCN(c3cc4c(cc3[N+](=O)[O-])CCC(=O)N4)CC2)c1. The van der Waals surface area contributed by atoms with Gasteiger partial charge in [0.25, 0.3) is 11.6 Å². The van der Waals surface area contributed by atoms with E-state index < -0.39 is 0 Å². The Balaban J connectivity index is 1.57. The number of nitrogens with zero attached hydrogens (tertiary/aromatic N) is 3. The number of rotatable bonds is 3. The molecule has 2 amide bonds. The van der Waals surface area contributed by atoms with Gasteiger partial charge in [0.05, 0.1) is 4.92 Å². The molecule has 2 aliphatic rings. The van der Waals surface area contributed by atoms with E-state index in [0.717, 1.165) is 11.1 Å². The fraction of sp³-hybridized carbons (Fsp3) is 0.364. The van der Waals surface area contributed by atoms with Gasteiger partial charge in [0.1, 0.15) is 5.69 Å². The van der Waals surface area contributed by atoms with Crippen molar-refractivity contribution in [2.75, 3.05) is 36.4 Å². The van der Waals surface area contributed by atoms with Gasteiger partial charge in [-0.1, -0.05) is 17.7 Å². The van der Waals surface area contributed by atoms with Crippen LogP contribution in [0.15, 0.2) is 36.4 Å². The Morgan fingerprint density at radius 3 is 2.70 bits per heavy atom. The summed E-state index contributed by atoms with van der Waals surface area (Å²) in [6.45, 7) is 4.12. The Morgan fingerprint density at radius 2 is 1.93 bits per heavy atom. The van der Waals surface area contributed by atoms with E-state index in [0.29, 0.717) is 62.4 Å². The van der Waals surface area contributed by atoms with Crippen molar-refractivity contribution in [2.24, 2.45) is 0 Å². The van der Waals surface area contributed by atoms with Crippen molar-refractivity contribution in [2.45, 2.75) is 26.2 Å². The minimum Gasteiger partial charge on any atom is -0.364 e. The van der Waals surface area contributed by atoms with Gasteiger partial charge in [0.15, 0.2) is 0 Å². The fourth-order valence-electron chi connectivity index (χ4n) is 4.13. The second kappa shape index (κ2) is 8.14. The van der Waals surface area contributed by atoms with E-state index in [-0.39, 0.29) is 22.4 Å². The Morgan fingerprint density at radius 1 is 1.10 bits per heavy atom. The minimum absolute atomic E-state index is 0.0206. The number of carbonyl (C=O) groups excluding carboxylic acids is 2. The van der Waals surface area contributed by atoms with Crippen molar-refractivity contribution in [1.82, 2.24) is 4.90 Å². The molecule has 1 fully saturated rings. The summed E-state index contributed by atoms with van der Waals surface area (Å²) in [6, 6.07) is 10.8. The van der Waals surface area contributed by atoms with E-state index in [1.54, 1.807) is 17.0 Å². The van der Waals surface area contributed by atoms with Gasteiger partial charge in [-0.15, -0.1) is 0 Å². The maximum atomic E-state index is 12.9. The molecule has 2 heterocycles. The Kier molecular flexibility index (Phi) is 5.39. The predicted molar refractivity (Wildman–Crippen MR) is 114 cm³/mol. The normalized spacial score (nSPS) is 16.5. The molecule has 1 N–H and O–H groups in total. The van der Waals surface area contributed by atoms with E-state index in [9.17, 15) is 19.7 Å². The maximum Gasteiger partial charge on any atom is 0.292 e. The number of hydrogen-bond donors (Lipinski definition) is 1. The number of aryl methyl sites for hydroxylation is 2. The summed E-state index contributed by atoms with van der Waals surface area (Å²) in [5.74, 6) is -0.0964. The van der Waals surface area contributed by atoms with Crippen molar-refractivity contribution in [3.8, 4) is 0 Å². The molecule has 2 aromatic carbocycles. The molecule has 8 heteroatoms. The van der Waals surface area contributed by atoms with Gasteiger partial charge in [-0.05, 0) is 43.5 Å². The van der Waals surface area contributed by atoms with Crippen LogP contribution in [0.1, 0.15) is 34.3 Å². The van der Waals surface area contributed by atoms with Gasteiger partial charge in [-0.2, -0.15) is 0 Å². The van der Waals surface area contributed by atoms with Crippen LogP contribution in [0, 0.1) is 17.0 Å². The van der Waals surface area contributed by atoms with Crippen LogP contribution in [0.5, 0.6) is 0 Å². The molecule has 0 spiro atoms. The third kappa shape index (κ3) is 3.98. The van der Waals surface area contributed by atoms with Crippen LogP contribution in [-0.2, 0) is 11.2 Å². The number of nitrogens with one attached hydrogen (secondary N) is 1. The highest BCUT2D eigenvalue weighted by molar-refractivity contribution is 5.96. The highest BCUT2D eigenvalue weighted by Gasteiger charge is 2.28. The number of nitro groups is 1. The smallest absolute Gasteiger partial charge is 0.292 e. The maximum absolute atomic E-state index is 12.9. The van der Waals surface area contributed by atoms with Gasteiger partial charge in [-0.25, -0.2) is 0 Å². The Hall–Kier alpha value is -3.42. The van der Waals surface area contributed by atoms with Gasteiger partial charge < -0.3 is 15.1 Å². The number of carbonyl (C=O) groups is 2. The van der Waals surface area contributed by atoms with Crippen molar-refractivity contribution in [3.05, 3.63) is 63.2 Å². The van der Waals surface area contributed by atoms with Crippen molar-refractivity contribution < 1.29 is 14.5 Å². The van der Waals surface area contributed by atoms with Crippen LogP contribution in [-0.4, -0.2) is 47.8 Å². The van der Waals surface area contributed by atoms with E-state index in [2.05, 4.69) is 5.32 Å². The summed E-state index contributed by atoms with van der Waals surface area (Å²) in [5, 5.41) is 14.5. The molecule has 0 bridgehead atoms. The lowest BCUT2D eigenvalue weighted by atomic mass is 10.0. The number of nitro benzene ring substituents is 1. The molecule has 2 aliphatic heterocycles. The summed E-state index contributed by atoms with van der Waals surface area (Å²) in [4.78, 5) is 39.8. The first kappa shape index (κ1) is 19.9. The van der Waals surface area contributed by atoms with E-state index in [1.807, 2.05) is 36.1 Å². The lowest BCUT2D eigenvalue weighted by molar-refractivity contribution is -0.384. The minimum atomic E-state index is -0.368. The molecular weight excluding hydrogens is 384 g/mol. The third-order valence-electron chi connectivity index (χ3n) is 5.68. The Labute approximate surface area is 174 Å². The molecule has 0 unspecified atom stereocenters. The summed E-state index contributed by atoms with van der Waals surface area (Å²) >= 11 is 0. The zero-order valence-corrected chi connectivity index (χ0v) is 16.9. The topological polar surface area (TPSA) is 95.8 Å². The van der Waals surface area contributed by atoms with Crippen molar-refractivity contribution >= 4 is 28.9 Å². The third-order valence-corrected chi connectivity index (χ3v) is 5.68. The number of amides is 2. The first-order chi connectivity index (χ1) is 14.4. The second-order valence-electron chi connectivity index (χ2n) is 7.81. The van der Waals surface area contributed by atoms with Crippen molar-refractivity contribution in [1.29, 1.82) is 0 Å². The van der Waals surface area contributed by atoms with Gasteiger partial charge in [0, 0.05) is 49.9 Å². The average molecular weight is 408 g/mol. The van der Waals surface area contributed by atoms with Gasteiger partial charge in [-0.3, -0.25) is 19.7 Å². The molecule has 30 heavy (non-hydrogen) atoms. The summed E-state index contributed by atoms with van der Waals surface area (Å²) in [6.07, 6.45) is 1.54. The Bertz CT molecular complexity index is 1020. The van der Waals surface area contributed by atoms with E-state index in [4.69, 9.17) is 0 Å². The van der Waals surface area contributed by atoms with Crippen LogP contribution < -0.4 is 10.2 Å². The van der Waals surface area contributed by atoms with Crippen LogP contribution in [0.2, 0.25) is 0 Å². The quantitative estimate of drug-likeness (QED) is 0.622. The summed E-state index contributed by atoms with van der Waals surface area (Å²) in [7, 11) is 0. The van der Waals surface area contributed by atoms with Crippen LogP contribution in [0.25, 0.3) is 0 Å². The molecule has 2 aromatic rings. The van der Waals surface area contributed by atoms with Gasteiger partial charge in [0.2, 0.25) is 5.91 Å². The standard InChI is InChI=1S/C22H24N4O4/c1-15-4-2-5-17(12-15)22(28)25-9-3-8-24(10-11-25)19-14-18-16(6-7-21(27)23-18)13-20(19)26(29)30/h2,4-5,12-14H,3,6-11H2,1H3,(H,23,27). The molecule has 0 aliphatic carbocycles. The molecule has 0 radical (unpaired) electrons. The first-order valence-electron chi connectivity index (χ1n) is 10.1. The molecule has 0 atom stereocenters. The van der Waals surface area contributed by atoms with E-state index in [1.165, 1.54) is 0 Å². The molecule has 1 saturated heterocycles. The lowest BCUT2D eigenvalue weighted by Crippen LogP contribution is -2.35. The van der Waals surface area contributed by atoms with Crippen LogP contribution in [0.3, 0.4) is 0 Å². The molecule has 156 valence electrons. The molecule has 0 saturated carbocycles. The zero-order chi connectivity index (χ0) is 21.3. The summed E-state index contributed by atoms with van der Waals surface area (Å²) < 4.78 is 0. The fourth-order valence-corrected chi connectivity index (χ4v) is 4.13. The van der Waals surface area contributed by atoms with Crippen LogP contribution in [0.4, 0.5) is 17.1 Å². The molecular formula is C22H24N4O4. The summed E-state index contributed by atoms with van der Waals surface area (Å²) in [5.41, 5.74) is 3.66. The largest absolute Gasteiger partial charge is 0.364 e. The average Bonchev–Trinajstić information content (AvgIpc) is 2.98.